The van der Waals surface area contributed by atoms with Crippen LogP contribution in [-0.4, -0.2) is 41.5 Å². The van der Waals surface area contributed by atoms with Gasteiger partial charge in [0.25, 0.3) is 0 Å². The van der Waals surface area contributed by atoms with Gasteiger partial charge in [0.05, 0.1) is 17.6 Å². The largest absolute Gasteiger partial charge is 0.351 e. The van der Waals surface area contributed by atoms with Gasteiger partial charge in [0.1, 0.15) is 6.04 Å². The normalized spacial score (nSPS) is 12.8. The highest BCUT2D eigenvalue weighted by atomic mass is 16.7. The van der Waals surface area contributed by atoms with Crippen molar-refractivity contribution >= 4 is 0 Å². The molecule has 0 spiro atoms. The lowest BCUT2D eigenvalue weighted by Crippen LogP contribution is -2.35. The zero-order valence-electron chi connectivity index (χ0n) is 12.7. The highest BCUT2D eigenvalue weighted by Crippen LogP contribution is 2.21. The van der Waals surface area contributed by atoms with Crippen molar-refractivity contribution < 1.29 is 9.47 Å². The molecule has 6 heteroatoms. The maximum atomic E-state index is 5.70. The molecule has 1 unspecified atom stereocenters. The first kappa shape index (κ1) is 15.6. The summed E-state index contributed by atoms with van der Waals surface area (Å²) in [5.74, 6) is 0. The van der Waals surface area contributed by atoms with Gasteiger partial charge in [-0.05, 0) is 33.0 Å². The van der Waals surface area contributed by atoms with Gasteiger partial charge >= 0.3 is 0 Å². The molecule has 0 bridgehead atoms. The van der Waals surface area contributed by atoms with Crippen LogP contribution in [0.2, 0.25) is 0 Å². The first-order valence-corrected chi connectivity index (χ1v) is 7.18. The molecule has 0 aliphatic rings. The summed E-state index contributed by atoms with van der Waals surface area (Å²) in [6.45, 7) is 5.06. The van der Waals surface area contributed by atoms with Gasteiger partial charge in [-0.3, -0.25) is 0 Å². The van der Waals surface area contributed by atoms with Crippen LogP contribution in [0.4, 0.5) is 0 Å². The third-order valence-corrected chi connectivity index (χ3v) is 3.14. The molecule has 1 N–H and O–H groups in total. The zero-order chi connectivity index (χ0) is 15.1. The highest BCUT2D eigenvalue weighted by molar-refractivity contribution is 5.32. The van der Waals surface area contributed by atoms with E-state index in [4.69, 9.17) is 9.47 Å². The lowest BCUT2D eigenvalue weighted by atomic mass is 10.2. The molecule has 6 nitrogen and oxygen atoms in total. The van der Waals surface area contributed by atoms with Crippen LogP contribution in [0.1, 0.15) is 25.6 Å². The SMILES string of the molecule is CCOC(OCC)C(NC)c1cnnn1-c1ccccc1. The predicted molar refractivity (Wildman–Crippen MR) is 80.2 cm³/mol. The van der Waals surface area contributed by atoms with Gasteiger partial charge in [-0.2, -0.15) is 0 Å². The first-order valence-electron chi connectivity index (χ1n) is 7.18. The molecule has 2 rings (SSSR count). The Labute approximate surface area is 125 Å². The van der Waals surface area contributed by atoms with Crippen LogP contribution in [0.3, 0.4) is 0 Å². The van der Waals surface area contributed by atoms with E-state index in [0.29, 0.717) is 13.2 Å². The van der Waals surface area contributed by atoms with Crippen molar-refractivity contribution in [3.63, 3.8) is 0 Å². The third kappa shape index (κ3) is 3.66. The van der Waals surface area contributed by atoms with E-state index in [9.17, 15) is 0 Å². The number of para-hydroxylation sites is 1. The fourth-order valence-electron chi connectivity index (χ4n) is 2.22. The van der Waals surface area contributed by atoms with Crippen molar-refractivity contribution in [3.05, 3.63) is 42.2 Å². The van der Waals surface area contributed by atoms with E-state index < -0.39 is 0 Å². The Kier molecular flexibility index (Phi) is 5.86. The van der Waals surface area contributed by atoms with E-state index >= 15 is 0 Å². The minimum Gasteiger partial charge on any atom is -0.351 e. The van der Waals surface area contributed by atoms with Crippen LogP contribution in [0.15, 0.2) is 36.5 Å². The van der Waals surface area contributed by atoms with Crippen molar-refractivity contribution in [3.8, 4) is 5.69 Å². The Bertz CT molecular complexity index is 523. The number of nitrogens with one attached hydrogen (secondary N) is 1. The Balaban J connectivity index is 2.32. The summed E-state index contributed by atoms with van der Waals surface area (Å²) in [4.78, 5) is 0. The third-order valence-electron chi connectivity index (χ3n) is 3.14. The second-order valence-corrected chi connectivity index (χ2v) is 4.45. The molecule has 114 valence electrons. The van der Waals surface area contributed by atoms with Gasteiger partial charge in [0.2, 0.25) is 0 Å². The number of benzene rings is 1. The lowest BCUT2D eigenvalue weighted by molar-refractivity contribution is -0.155. The first-order chi connectivity index (χ1) is 10.3. The van der Waals surface area contributed by atoms with Gasteiger partial charge < -0.3 is 14.8 Å². The molecular weight excluding hydrogens is 268 g/mol. The van der Waals surface area contributed by atoms with Crippen molar-refractivity contribution in [2.45, 2.75) is 26.2 Å². The van der Waals surface area contributed by atoms with Crippen LogP contribution in [0.5, 0.6) is 0 Å². The summed E-state index contributed by atoms with van der Waals surface area (Å²) in [5.41, 5.74) is 1.85. The molecule has 0 aliphatic heterocycles. The van der Waals surface area contributed by atoms with Gasteiger partial charge in [-0.1, -0.05) is 23.4 Å². The lowest BCUT2D eigenvalue weighted by Gasteiger charge is -2.26. The highest BCUT2D eigenvalue weighted by Gasteiger charge is 2.26. The number of ether oxygens (including phenoxy) is 2. The summed E-state index contributed by atoms with van der Waals surface area (Å²) < 4.78 is 13.2. The van der Waals surface area contributed by atoms with E-state index in [-0.39, 0.29) is 12.3 Å². The Hall–Kier alpha value is -1.76. The summed E-state index contributed by atoms with van der Waals surface area (Å²) in [6.07, 6.45) is 1.35. The smallest absolute Gasteiger partial charge is 0.178 e. The molecule has 0 radical (unpaired) electrons. The van der Waals surface area contributed by atoms with Gasteiger partial charge in [-0.15, -0.1) is 5.10 Å². The molecule has 21 heavy (non-hydrogen) atoms. The average Bonchev–Trinajstić information content (AvgIpc) is 2.99. The Morgan fingerprint density at radius 3 is 2.38 bits per heavy atom. The van der Waals surface area contributed by atoms with Crippen LogP contribution in [0, 0.1) is 0 Å². The van der Waals surface area contributed by atoms with Crippen LogP contribution >= 0.6 is 0 Å². The number of hydrogen-bond acceptors (Lipinski definition) is 5. The molecular formula is C15H22N4O2. The monoisotopic (exact) mass is 290 g/mol. The summed E-state index contributed by atoms with van der Waals surface area (Å²) in [7, 11) is 1.87. The number of nitrogens with zero attached hydrogens (tertiary/aromatic N) is 3. The minimum absolute atomic E-state index is 0.153. The second-order valence-electron chi connectivity index (χ2n) is 4.45. The fourth-order valence-corrected chi connectivity index (χ4v) is 2.22. The average molecular weight is 290 g/mol. The number of aromatic nitrogens is 3. The van der Waals surface area contributed by atoms with Crippen molar-refractivity contribution in [1.82, 2.24) is 20.3 Å². The molecule has 1 aromatic carbocycles. The summed E-state index contributed by atoms with van der Waals surface area (Å²) >= 11 is 0. The molecule has 1 heterocycles. The van der Waals surface area contributed by atoms with Gasteiger partial charge in [-0.25, -0.2) is 4.68 Å². The Morgan fingerprint density at radius 2 is 1.81 bits per heavy atom. The van der Waals surface area contributed by atoms with E-state index in [2.05, 4.69) is 15.6 Å². The van der Waals surface area contributed by atoms with Gasteiger partial charge in [0.15, 0.2) is 6.29 Å². The van der Waals surface area contributed by atoms with E-state index in [0.717, 1.165) is 11.4 Å². The molecule has 0 fully saturated rings. The maximum Gasteiger partial charge on any atom is 0.178 e. The van der Waals surface area contributed by atoms with Crippen LogP contribution in [-0.2, 0) is 9.47 Å². The van der Waals surface area contributed by atoms with E-state index in [1.807, 2.05) is 51.2 Å². The van der Waals surface area contributed by atoms with Crippen molar-refractivity contribution in [2.24, 2.45) is 0 Å². The second kappa shape index (κ2) is 7.87. The van der Waals surface area contributed by atoms with E-state index in [1.165, 1.54) is 0 Å². The summed E-state index contributed by atoms with van der Waals surface area (Å²) in [5, 5.41) is 11.4. The fraction of sp³-hybridized carbons (Fsp3) is 0.467. The minimum atomic E-state index is -0.383. The molecule has 0 saturated carbocycles. The zero-order valence-corrected chi connectivity index (χ0v) is 12.7. The Morgan fingerprint density at radius 1 is 1.14 bits per heavy atom. The topological polar surface area (TPSA) is 61.2 Å². The van der Waals surface area contributed by atoms with Crippen LogP contribution in [0.25, 0.3) is 5.69 Å². The molecule has 0 aliphatic carbocycles. The van der Waals surface area contributed by atoms with Crippen molar-refractivity contribution in [2.75, 3.05) is 20.3 Å². The molecule has 1 atom stereocenters. The molecule has 0 amide bonds. The van der Waals surface area contributed by atoms with Crippen molar-refractivity contribution in [1.29, 1.82) is 0 Å². The number of likely N-dealkylation sites (N-methyl/N-ethyl adjacent to an activating group) is 1. The quantitative estimate of drug-likeness (QED) is 0.753. The molecule has 1 aromatic heterocycles. The molecule has 2 aromatic rings. The van der Waals surface area contributed by atoms with Gasteiger partial charge in [0, 0.05) is 13.2 Å². The number of rotatable bonds is 8. The summed E-state index contributed by atoms with van der Waals surface area (Å²) in [6, 6.07) is 9.73. The predicted octanol–water partition coefficient (Wildman–Crippen LogP) is 1.93. The van der Waals surface area contributed by atoms with E-state index in [1.54, 1.807) is 10.9 Å². The number of hydrogen-bond donors (Lipinski definition) is 1. The van der Waals surface area contributed by atoms with Crippen LogP contribution < -0.4 is 5.32 Å². The standard InChI is InChI=1S/C15H22N4O2/c1-4-20-15(21-5-2)14(16-3)13-11-17-18-19(13)12-9-7-6-8-10-12/h6-11,14-16H,4-5H2,1-3H3. The maximum absolute atomic E-state index is 5.70. The molecule has 0 saturated heterocycles.